The summed E-state index contributed by atoms with van der Waals surface area (Å²) in [5.74, 6) is 0. The van der Waals surface area contributed by atoms with Gasteiger partial charge in [-0.15, -0.1) is 0 Å². The Morgan fingerprint density at radius 1 is 1.00 bits per heavy atom. The zero-order valence-corrected chi connectivity index (χ0v) is 6.20. The van der Waals surface area contributed by atoms with Crippen molar-refractivity contribution in [3.63, 3.8) is 0 Å². The molecule has 0 radical (unpaired) electrons. The van der Waals surface area contributed by atoms with Crippen LogP contribution in [0.4, 0.5) is 0 Å². The molecular weight excluding hydrogens is 168 g/mol. The van der Waals surface area contributed by atoms with E-state index in [4.69, 9.17) is 15.3 Å². The molecule has 0 aliphatic rings. The molecule has 0 bridgehead atoms. The van der Waals surface area contributed by atoms with Crippen LogP contribution in [0, 0.1) is 9.81 Å². The van der Waals surface area contributed by atoms with E-state index in [9.17, 15) is 9.81 Å². The molecule has 12 heavy (non-hydrogen) atoms. The van der Waals surface area contributed by atoms with E-state index in [0.717, 1.165) is 0 Å². The van der Waals surface area contributed by atoms with Gasteiger partial charge in [0.1, 0.15) is 18.2 Å². The number of aliphatic hydroxyl groups is 3. The maximum Gasteiger partial charge on any atom is 0.143 e. The molecule has 0 aromatic carbocycles. The van der Waals surface area contributed by atoms with Gasteiger partial charge in [-0.2, -0.15) is 9.81 Å². The largest absolute Gasteiger partial charge is 0.394 e. The average molecular weight is 178 g/mol. The van der Waals surface area contributed by atoms with Gasteiger partial charge in [-0.3, -0.25) is 0 Å². The first-order valence-electron chi connectivity index (χ1n) is 3.26. The molecule has 7 heteroatoms. The molecule has 3 N–H and O–H groups in total. The maximum absolute atomic E-state index is 9.92. The Balaban J connectivity index is 4.20. The minimum absolute atomic E-state index is 0.684. The molecule has 2 atom stereocenters. The van der Waals surface area contributed by atoms with Gasteiger partial charge in [0.2, 0.25) is 0 Å². The van der Waals surface area contributed by atoms with E-state index in [1.54, 1.807) is 0 Å². The second kappa shape index (κ2) is 5.70. The second-order valence-corrected chi connectivity index (χ2v) is 2.20. The van der Waals surface area contributed by atoms with Crippen LogP contribution >= 0.6 is 0 Å². The van der Waals surface area contributed by atoms with Crippen molar-refractivity contribution in [1.29, 1.82) is 0 Å². The van der Waals surface area contributed by atoms with Crippen LogP contribution in [0.3, 0.4) is 0 Å². The summed E-state index contributed by atoms with van der Waals surface area (Å²) in [4.78, 5) is 19.8. The number of nitrogens with zero attached hydrogens (tertiary/aromatic N) is 2. The molecular formula is C5H10N2O5. The smallest absolute Gasteiger partial charge is 0.143 e. The minimum atomic E-state index is -1.53. The molecule has 70 valence electrons. The van der Waals surface area contributed by atoms with Crippen molar-refractivity contribution in [2.75, 3.05) is 13.2 Å². The van der Waals surface area contributed by atoms with Gasteiger partial charge in [-0.1, -0.05) is 10.4 Å². The Morgan fingerprint density at radius 2 is 1.33 bits per heavy atom. The van der Waals surface area contributed by atoms with Crippen molar-refractivity contribution in [1.82, 2.24) is 0 Å². The van der Waals surface area contributed by atoms with Crippen LogP contribution in [-0.2, 0) is 0 Å². The molecule has 0 heterocycles. The van der Waals surface area contributed by atoms with Crippen molar-refractivity contribution >= 4 is 0 Å². The average Bonchev–Trinajstić information content (AvgIpc) is 2.09. The van der Waals surface area contributed by atoms with Crippen LogP contribution in [0.5, 0.6) is 0 Å². The van der Waals surface area contributed by atoms with Gasteiger partial charge in [0.25, 0.3) is 0 Å². The Morgan fingerprint density at radius 3 is 1.50 bits per heavy atom. The van der Waals surface area contributed by atoms with E-state index in [1.165, 1.54) is 0 Å². The first kappa shape index (κ1) is 11.1. The highest BCUT2D eigenvalue weighted by Gasteiger charge is 2.28. The standard InChI is InChI=1S/C5H10N2O5/c8-1-3(6-11)5(10)4(2-9)7-12/h3-5,8-10H,1-2H2. The van der Waals surface area contributed by atoms with Crippen LogP contribution in [0.2, 0.25) is 0 Å². The quantitative estimate of drug-likeness (QED) is 0.432. The third-order valence-corrected chi connectivity index (χ3v) is 1.43. The summed E-state index contributed by atoms with van der Waals surface area (Å²) in [7, 11) is 0. The first-order valence-corrected chi connectivity index (χ1v) is 3.26. The number of aliphatic hydroxyl groups excluding tert-OH is 3. The molecule has 0 fully saturated rings. The van der Waals surface area contributed by atoms with Gasteiger partial charge in [0.05, 0.1) is 13.2 Å². The highest BCUT2D eigenvalue weighted by Crippen LogP contribution is 2.06. The van der Waals surface area contributed by atoms with Crippen LogP contribution in [0.15, 0.2) is 10.4 Å². The van der Waals surface area contributed by atoms with Crippen molar-refractivity contribution in [3.05, 3.63) is 9.81 Å². The molecule has 0 saturated carbocycles. The predicted molar refractivity (Wildman–Crippen MR) is 39.3 cm³/mol. The van der Waals surface area contributed by atoms with Gasteiger partial charge in [0.15, 0.2) is 0 Å². The lowest BCUT2D eigenvalue weighted by molar-refractivity contribution is 0.0662. The van der Waals surface area contributed by atoms with Gasteiger partial charge >= 0.3 is 0 Å². The predicted octanol–water partition coefficient (Wildman–Crippen LogP) is -1.40. The van der Waals surface area contributed by atoms with Crippen LogP contribution in [-0.4, -0.2) is 46.7 Å². The normalized spacial score (nSPS) is 17.9. The van der Waals surface area contributed by atoms with Crippen LogP contribution in [0.1, 0.15) is 0 Å². The summed E-state index contributed by atoms with van der Waals surface area (Å²) in [6, 6.07) is -2.64. The van der Waals surface area contributed by atoms with E-state index in [0.29, 0.717) is 0 Å². The Bertz CT molecular complexity index is 137. The Labute approximate surface area is 68.0 Å². The number of hydrogen-bond donors (Lipinski definition) is 3. The molecule has 0 aliphatic heterocycles. The molecule has 0 amide bonds. The summed E-state index contributed by atoms with van der Waals surface area (Å²) in [6.07, 6.45) is -1.53. The number of rotatable bonds is 6. The van der Waals surface area contributed by atoms with Gasteiger partial charge in [-0.05, 0) is 0 Å². The SMILES string of the molecule is O=NC(CO)C(O)C(CO)N=O. The Kier molecular flexibility index (Phi) is 5.26. The topological polar surface area (TPSA) is 120 Å². The lowest BCUT2D eigenvalue weighted by atomic mass is 10.1. The third-order valence-electron chi connectivity index (χ3n) is 1.43. The molecule has 0 aromatic heterocycles. The second-order valence-electron chi connectivity index (χ2n) is 2.20. The van der Waals surface area contributed by atoms with Crippen molar-refractivity contribution in [2.24, 2.45) is 10.4 Å². The fourth-order valence-corrected chi connectivity index (χ4v) is 0.664. The monoisotopic (exact) mass is 178 g/mol. The summed E-state index contributed by atoms with van der Waals surface area (Å²) in [6.45, 7) is -1.37. The number of nitroso groups, excluding NO2 is 2. The lowest BCUT2D eigenvalue weighted by Crippen LogP contribution is -2.39. The summed E-state index contributed by atoms with van der Waals surface area (Å²) in [5, 5.41) is 30.7. The molecule has 7 nitrogen and oxygen atoms in total. The first-order chi connectivity index (χ1) is 5.71. The highest BCUT2D eigenvalue weighted by atomic mass is 16.3. The number of hydrogen-bond acceptors (Lipinski definition) is 7. The summed E-state index contributed by atoms with van der Waals surface area (Å²) < 4.78 is 0. The van der Waals surface area contributed by atoms with Crippen molar-refractivity contribution in [3.8, 4) is 0 Å². The Hall–Kier alpha value is -0.920. The maximum atomic E-state index is 9.92. The van der Waals surface area contributed by atoms with E-state index in [2.05, 4.69) is 10.4 Å². The van der Waals surface area contributed by atoms with E-state index < -0.39 is 31.4 Å². The molecule has 0 rings (SSSR count). The van der Waals surface area contributed by atoms with E-state index in [-0.39, 0.29) is 0 Å². The van der Waals surface area contributed by atoms with E-state index >= 15 is 0 Å². The van der Waals surface area contributed by atoms with Gasteiger partial charge < -0.3 is 15.3 Å². The van der Waals surface area contributed by atoms with Crippen LogP contribution in [0.25, 0.3) is 0 Å². The third kappa shape index (κ3) is 2.61. The van der Waals surface area contributed by atoms with Crippen molar-refractivity contribution < 1.29 is 15.3 Å². The molecule has 0 spiro atoms. The molecule has 0 aliphatic carbocycles. The summed E-state index contributed by atoms with van der Waals surface area (Å²) >= 11 is 0. The molecule has 0 aromatic rings. The fourth-order valence-electron chi connectivity index (χ4n) is 0.664. The van der Waals surface area contributed by atoms with Gasteiger partial charge in [0, 0.05) is 0 Å². The summed E-state index contributed by atoms with van der Waals surface area (Å²) in [5.41, 5.74) is 0. The van der Waals surface area contributed by atoms with Crippen LogP contribution < -0.4 is 0 Å². The highest BCUT2D eigenvalue weighted by molar-refractivity contribution is 4.84. The zero-order valence-electron chi connectivity index (χ0n) is 6.20. The van der Waals surface area contributed by atoms with Crippen molar-refractivity contribution in [2.45, 2.75) is 18.2 Å². The minimum Gasteiger partial charge on any atom is -0.394 e. The molecule has 0 saturated heterocycles. The lowest BCUT2D eigenvalue weighted by Gasteiger charge is -2.16. The van der Waals surface area contributed by atoms with Gasteiger partial charge in [-0.25, -0.2) is 0 Å². The fraction of sp³-hybridized carbons (Fsp3) is 1.00. The van der Waals surface area contributed by atoms with E-state index in [1.807, 2.05) is 0 Å². The zero-order chi connectivity index (χ0) is 9.56. The molecule has 2 unspecified atom stereocenters.